The first kappa shape index (κ1) is 14.0. The van der Waals surface area contributed by atoms with E-state index >= 15 is 0 Å². The van der Waals surface area contributed by atoms with Crippen LogP contribution in [0.4, 0.5) is 17.3 Å². The van der Waals surface area contributed by atoms with Gasteiger partial charge < -0.3 is 9.80 Å². The Kier molecular flexibility index (Phi) is 4.17. The molecule has 0 saturated carbocycles. The minimum atomic E-state index is -0.312. The highest BCUT2D eigenvalue weighted by Crippen LogP contribution is 2.36. The maximum atomic E-state index is 11.6. The molecule has 2 fully saturated rings. The summed E-state index contributed by atoms with van der Waals surface area (Å²) < 4.78 is 0. The van der Waals surface area contributed by atoms with Gasteiger partial charge in [-0.2, -0.15) is 0 Å². The van der Waals surface area contributed by atoms with Crippen LogP contribution in [0.1, 0.15) is 38.5 Å². The van der Waals surface area contributed by atoms with Crippen molar-refractivity contribution in [1.82, 2.24) is 9.97 Å². The minimum Gasteiger partial charge on any atom is -0.351 e. The van der Waals surface area contributed by atoms with Crippen LogP contribution in [0.25, 0.3) is 0 Å². The Balaban J connectivity index is 1.97. The van der Waals surface area contributed by atoms with Gasteiger partial charge >= 0.3 is 5.69 Å². The fourth-order valence-electron chi connectivity index (χ4n) is 3.20. The summed E-state index contributed by atoms with van der Waals surface area (Å²) in [5.41, 5.74) is 0.0845. The second-order valence-corrected chi connectivity index (χ2v) is 5.72. The van der Waals surface area contributed by atoms with Gasteiger partial charge in [-0.3, -0.25) is 10.1 Å². The molecule has 0 N–H and O–H groups in total. The third-order valence-corrected chi connectivity index (χ3v) is 4.28. The predicted molar refractivity (Wildman–Crippen MR) is 80.8 cm³/mol. The summed E-state index contributed by atoms with van der Waals surface area (Å²) >= 11 is 0. The highest BCUT2D eigenvalue weighted by atomic mass is 16.6. The van der Waals surface area contributed by atoms with E-state index in [1.165, 1.54) is 19.2 Å². The normalized spacial score (nSPS) is 19.6. The van der Waals surface area contributed by atoms with Crippen LogP contribution < -0.4 is 9.80 Å². The average molecular weight is 291 g/mol. The van der Waals surface area contributed by atoms with Crippen molar-refractivity contribution in [3.05, 3.63) is 16.4 Å². The van der Waals surface area contributed by atoms with Crippen LogP contribution in [-0.4, -0.2) is 41.1 Å². The lowest BCUT2D eigenvalue weighted by molar-refractivity contribution is -0.383. The number of anilines is 2. The van der Waals surface area contributed by atoms with Gasteiger partial charge in [0.1, 0.15) is 6.33 Å². The molecule has 1 aromatic rings. The molecule has 2 aliphatic heterocycles. The Hall–Kier alpha value is -1.92. The van der Waals surface area contributed by atoms with Gasteiger partial charge in [-0.1, -0.05) is 0 Å². The van der Waals surface area contributed by atoms with E-state index in [0.717, 1.165) is 51.9 Å². The van der Waals surface area contributed by atoms with Crippen LogP contribution in [0.5, 0.6) is 0 Å². The molecule has 2 aliphatic rings. The van der Waals surface area contributed by atoms with Crippen molar-refractivity contribution in [3.63, 3.8) is 0 Å². The van der Waals surface area contributed by atoms with Crippen LogP contribution in [-0.2, 0) is 0 Å². The number of piperidine rings is 2. The lowest BCUT2D eigenvalue weighted by atomic mass is 10.1. The summed E-state index contributed by atoms with van der Waals surface area (Å²) in [6.45, 7) is 3.38. The van der Waals surface area contributed by atoms with Gasteiger partial charge in [0.05, 0.1) is 4.92 Å². The maximum Gasteiger partial charge on any atom is 0.353 e. The number of nitro groups is 1. The van der Waals surface area contributed by atoms with Crippen molar-refractivity contribution < 1.29 is 4.92 Å². The number of rotatable bonds is 3. The van der Waals surface area contributed by atoms with Crippen molar-refractivity contribution in [2.45, 2.75) is 38.5 Å². The van der Waals surface area contributed by atoms with Gasteiger partial charge in [0.25, 0.3) is 0 Å². The maximum absolute atomic E-state index is 11.6. The van der Waals surface area contributed by atoms with Gasteiger partial charge in [-0.25, -0.2) is 9.97 Å². The Labute approximate surface area is 124 Å². The molecule has 7 nitrogen and oxygen atoms in total. The van der Waals surface area contributed by atoms with Gasteiger partial charge in [0.2, 0.25) is 11.6 Å². The van der Waals surface area contributed by atoms with E-state index in [1.807, 2.05) is 9.80 Å². The standard InChI is InChI=1S/C14H21N5O2/c20-19(21)12-13(17-7-3-1-4-8-17)15-11-16-14(12)18-9-5-2-6-10-18/h11H,1-10H2. The summed E-state index contributed by atoms with van der Waals surface area (Å²) in [4.78, 5) is 23.8. The third-order valence-electron chi connectivity index (χ3n) is 4.28. The Morgan fingerprint density at radius 2 is 1.29 bits per heavy atom. The highest BCUT2D eigenvalue weighted by molar-refractivity contribution is 5.71. The van der Waals surface area contributed by atoms with Gasteiger partial charge in [0.15, 0.2) is 0 Å². The molecule has 0 atom stereocenters. The number of hydrogen-bond donors (Lipinski definition) is 0. The van der Waals surface area contributed by atoms with E-state index in [-0.39, 0.29) is 10.6 Å². The minimum absolute atomic E-state index is 0.0845. The molecule has 0 aliphatic carbocycles. The fraction of sp³-hybridized carbons (Fsp3) is 0.714. The Morgan fingerprint density at radius 3 is 1.67 bits per heavy atom. The summed E-state index contributed by atoms with van der Waals surface area (Å²) in [5, 5.41) is 11.6. The van der Waals surface area contributed by atoms with Crippen LogP contribution in [0, 0.1) is 10.1 Å². The summed E-state index contributed by atoms with van der Waals surface area (Å²) in [6, 6.07) is 0. The number of nitrogens with zero attached hydrogens (tertiary/aromatic N) is 5. The van der Waals surface area contributed by atoms with Crippen molar-refractivity contribution in [2.75, 3.05) is 36.0 Å². The van der Waals surface area contributed by atoms with Crippen molar-refractivity contribution in [2.24, 2.45) is 0 Å². The molecule has 3 heterocycles. The molecular formula is C14H21N5O2. The van der Waals surface area contributed by atoms with Gasteiger partial charge in [-0.05, 0) is 38.5 Å². The van der Waals surface area contributed by atoms with E-state index < -0.39 is 0 Å². The Bertz CT molecular complexity index is 474. The van der Waals surface area contributed by atoms with E-state index in [2.05, 4.69) is 9.97 Å². The smallest absolute Gasteiger partial charge is 0.351 e. The van der Waals surface area contributed by atoms with Crippen LogP contribution in [0.2, 0.25) is 0 Å². The molecule has 2 saturated heterocycles. The zero-order valence-electron chi connectivity index (χ0n) is 12.2. The molecule has 0 bridgehead atoms. The first-order valence-electron chi connectivity index (χ1n) is 7.76. The van der Waals surface area contributed by atoms with E-state index in [9.17, 15) is 10.1 Å². The molecule has 0 amide bonds. The van der Waals surface area contributed by atoms with Crippen molar-refractivity contribution in [1.29, 1.82) is 0 Å². The lowest BCUT2D eigenvalue weighted by Gasteiger charge is -2.30. The largest absolute Gasteiger partial charge is 0.353 e. The zero-order chi connectivity index (χ0) is 14.7. The summed E-state index contributed by atoms with van der Waals surface area (Å²) in [7, 11) is 0. The molecule has 21 heavy (non-hydrogen) atoms. The first-order chi connectivity index (χ1) is 10.3. The fourth-order valence-corrected chi connectivity index (χ4v) is 3.20. The highest BCUT2D eigenvalue weighted by Gasteiger charge is 2.30. The zero-order valence-corrected chi connectivity index (χ0v) is 12.2. The van der Waals surface area contributed by atoms with Crippen LogP contribution in [0.15, 0.2) is 6.33 Å². The molecule has 0 radical (unpaired) electrons. The SMILES string of the molecule is O=[N+]([O-])c1c(N2CCCCC2)ncnc1N1CCCCC1. The molecule has 3 rings (SSSR count). The van der Waals surface area contributed by atoms with Crippen molar-refractivity contribution >= 4 is 17.3 Å². The monoisotopic (exact) mass is 291 g/mol. The van der Waals surface area contributed by atoms with E-state index in [1.54, 1.807) is 0 Å². The molecule has 7 heteroatoms. The van der Waals surface area contributed by atoms with Gasteiger partial charge in [-0.15, -0.1) is 0 Å². The van der Waals surface area contributed by atoms with Crippen LogP contribution >= 0.6 is 0 Å². The molecule has 1 aromatic heterocycles. The molecule has 0 aromatic carbocycles. The molecule has 0 unspecified atom stereocenters. The summed E-state index contributed by atoms with van der Waals surface area (Å²) in [6.07, 6.45) is 8.13. The summed E-state index contributed by atoms with van der Waals surface area (Å²) in [5.74, 6) is 0.991. The topological polar surface area (TPSA) is 75.4 Å². The van der Waals surface area contributed by atoms with Gasteiger partial charge in [0, 0.05) is 26.2 Å². The average Bonchev–Trinajstić information content (AvgIpc) is 2.55. The second-order valence-electron chi connectivity index (χ2n) is 5.72. The first-order valence-corrected chi connectivity index (χ1v) is 7.76. The molecule has 0 spiro atoms. The number of hydrogen-bond acceptors (Lipinski definition) is 6. The predicted octanol–water partition coefficient (Wildman–Crippen LogP) is 2.37. The lowest BCUT2D eigenvalue weighted by Crippen LogP contribution is -2.33. The molecule has 114 valence electrons. The van der Waals surface area contributed by atoms with E-state index in [0.29, 0.717) is 11.6 Å². The Morgan fingerprint density at radius 1 is 0.857 bits per heavy atom. The number of aromatic nitrogens is 2. The second kappa shape index (κ2) is 6.24. The van der Waals surface area contributed by atoms with Crippen LogP contribution in [0.3, 0.4) is 0 Å². The molecular weight excluding hydrogens is 270 g/mol. The van der Waals surface area contributed by atoms with Crippen molar-refractivity contribution in [3.8, 4) is 0 Å². The quantitative estimate of drug-likeness (QED) is 0.628. The van der Waals surface area contributed by atoms with E-state index in [4.69, 9.17) is 0 Å². The third kappa shape index (κ3) is 2.91.